The Labute approximate surface area is 160 Å². The Morgan fingerprint density at radius 1 is 1.00 bits per heavy atom. The van der Waals surface area contributed by atoms with Gasteiger partial charge in [0.15, 0.2) is 0 Å². The van der Waals surface area contributed by atoms with E-state index in [9.17, 15) is 8.42 Å². The Hall–Kier alpha value is -2.72. The van der Waals surface area contributed by atoms with E-state index >= 15 is 0 Å². The summed E-state index contributed by atoms with van der Waals surface area (Å²) >= 11 is 1.16. The minimum Gasteiger partial charge on any atom is -0.272 e. The summed E-state index contributed by atoms with van der Waals surface area (Å²) in [5, 5.41) is 14.7. The molecule has 0 unspecified atom stereocenters. The molecule has 0 atom stereocenters. The molecule has 0 aromatic carbocycles. The predicted octanol–water partition coefficient (Wildman–Crippen LogP) is 2.60. The summed E-state index contributed by atoms with van der Waals surface area (Å²) in [6, 6.07) is 5.07. The minimum absolute atomic E-state index is 0.239. The quantitative estimate of drug-likeness (QED) is 0.524. The first-order valence-electron chi connectivity index (χ1n) is 8.18. The Morgan fingerprint density at radius 3 is 2.15 bits per heavy atom. The van der Waals surface area contributed by atoms with Crippen LogP contribution in [0.2, 0.25) is 0 Å². The third kappa shape index (κ3) is 2.72. The van der Waals surface area contributed by atoms with E-state index in [4.69, 9.17) is 0 Å². The number of hydrogen-bond acceptors (Lipinski definition) is 6. The van der Waals surface area contributed by atoms with Crippen molar-refractivity contribution >= 4 is 21.4 Å². The van der Waals surface area contributed by atoms with Crippen LogP contribution in [0.3, 0.4) is 0 Å². The Morgan fingerprint density at radius 2 is 1.63 bits per heavy atom. The van der Waals surface area contributed by atoms with Gasteiger partial charge in [0, 0.05) is 36.6 Å². The Kier molecular flexibility index (Phi) is 4.04. The maximum atomic E-state index is 13.2. The lowest BCUT2D eigenvalue weighted by Gasteiger charge is -2.07. The van der Waals surface area contributed by atoms with Crippen LogP contribution in [0.5, 0.6) is 0 Å². The summed E-state index contributed by atoms with van der Waals surface area (Å²) in [6.07, 6.45) is 3.35. The van der Waals surface area contributed by atoms with Gasteiger partial charge in [-0.25, -0.2) is 0 Å². The molecule has 4 rings (SSSR count). The number of aromatic nitrogens is 6. The molecule has 4 aromatic rings. The molecule has 0 aliphatic carbocycles. The maximum absolute atomic E-state index is 13.2. The molecule has 0 radical (unpaired) electrons. The van der Waals surface area contributed by atoms with Crippen LogP contribution in [-0.4, -0.2) is 37.2 Å². The normalized spacial score (nSPS) is 12.0. The maximum Gasteiger partial charge on any atom is 0.293 e. The zero-order valence-electron chi connectivity index (χ0n) is 15.3. The SMILES string of the molecule is Cc1c(-c2cc(-c3cnn(C)c3C)n(S(=O)(=O)c3cccs3)n2)cnn1C. The van der Waals surface area contributed by atoms with Crippen molar-refractivity contribution in [2.75, 3.05) is 0 Å². The fraction of sp³-hybridized carbons (Fsp3) is 0.235. The van der Waals surface area contributed by atoms with Crippen molar-refractivity contribution in [3.05, 3.63) is 47.4 Å². The summed E-state index contributed by atoms with van der Waals surface area (Å²) in [5.41, 5.74) is 4.30. The van der Waals surface area contributed by atoms with Crippen molar-refractivity contribution in [3.8, 4) is 22.5 Å². The smallest absolute Gasteiger partial charge is 0.272 e. The lowest BCUT2D eigenvalue weighted by Crippen LogP contribution is -2.15. The zero-order valence-corrected chi connectivity index (χ0v) is 16.9. The second-order valence-corrected chi connectivity index (χ2v) is 9.17. The fourth-order valence-corrected chi connectivity index (χ4v) is 5.20. The largest absolute Gasteiger partial charge is 0.293 e. The average molecular weight is 403 g/mol. The third-order valence-electron chi connectivity index (χ3n) is 4.68. The zero-order chi connectivity index (χ0) is 19.3. The molecule has 27 heavy (non-hydrogen) atoms. The minimum atomic E-state index is -3.82. The molecule has 4 aromatic heterocycles. The number of thiophene rings is 1. The summed E-state index contributed by atoms with van der Waals surface area (Å²) in [5.74, 6) is 0. The molecule has 0 aliphatic rings. The number of hydrogen-bond donors (Lipinski definition) is 0. The third-order valence-corrected chi connectivity index (χ3v) is 7.64. The number of rotatable bonds is 4. The van der Waals surface area contributed by atoms with Gasteiger partial charge in [-0.1, -0.05) is 6.07 Å². The van der Waals surface area contributed by atoms with E-state index in [0.717, 1.165) is 37.9 Å². The Bertz CT molecular complexity index is 1230. The van der Waals surface area contributed by atoms with Gasteiger partial charge in [0.05, 0.1) is 23.8 Å². The molecule has 0 fully saturated rings. The first-order chi connectivity index (χ1) is 12.8. The van der Waals surface area contributed by atoms with Crippen LogP contribution in [0.25, 0.3) is 22.5 Å². The first-order valence-corrected chi connectivity index (χ1v) is 10.5. The molecule has 10 heteroatoms. The number of nitrogens with zero attached hydrogens (tertiary/aromatic N) is 6. The molecule has 0 saturated carbocycles. The van der Waals surface area contributed by atoms with E-state index in [1.807, 2.05) is 27.9 Å². The Balaban J connectivity index is 1.99. The van der Waals surface area contributed by atoms with Crippen LogP contribution in [0.15, 0.2) is 40.2 Å². The van der Waals surface area contributed by atoms with Crippen molar-refractivity contribution in [1.29, 1.82) is 0 Å². The van der Waals surface area contributed by atoms with Gasteiger partial charge in [0.1, 0.15) is 4.21 Å². The van der Waals surface area contributed by atoms with Gasteiger partial charge in [0.25, 0.3) is 10.0 Å². The molecule has 0 bridgehead atoms. The topological polar surface area (TPSA) is 87.6 Å². The molecule has 140 valence electrons. The van der Waals surface area contributed by atoms with Crippen LogP contribution in [0.1, 0.15) is 11.4 Å². The highest BCUT2D eigenvalue weighted by atomic mass is 32.2. The highest BCUT2D eigenvalue weighted by Gasteiger charge is 2.27. The van der Waals surface area contributed by atoms with E-state index in [0.29, 0.717) is 11.4 Å². The second kappa shape index (κ2) is 6.17. The highest BCUT2D eigenvalue weighted by Crippen LogP contribution is 2.32. The van der Waals surface area contributed by atoms with Gasteiger partial charge in [-0.05, 0) is 31.4 Å². The molecule has 0 spiro atoms. The lowest BCUT2D eigenvalue weighted by molar-refractivity contribution is 0.583. The van der Waals surface area contributed by atoms with Crippen molar-refractivity contribution in [1.82, 2.24) is 28.7 Å². The van der Waals surface area contributed by atoms with Gasteiger partial charge in [-0.3, -0.25) is 9.36 Å². The van der Waals surface area contributed by atoms with Gasteiger partial charge in [-0.2, -0.15) is 27.8 Å². The summed E-state index contributed by atoms with van der Waals surface area (Å²) in [7, 11) is -0.159. The van der Waals surface area contributed by atoms with Crippen LogP contribution in [-0.2, 0) is 24.1 Å². The highest BCUT2D eigenvalue weighted by molar-refractivity contribution is 7.92. The molecular weight excluding hydrogens is 384 g/mol. The summed E-state index contributed by atoms with van der Waals surface area (Å²) < 4.78 is 31.2. The van der Waals surface area contributed by atoms with Crippen molar-refractivity contribution in [2.45, 2.75) is 18.1 Å². The predicted molar refractivity (Wildman–Crippen MR) is 103 cm³/mol. The van der Waals surface area contributed by atoms with Crippen molar-refractivity contribution in [2.24, 2.45) is 14.1 Å². The summed E-state index contributed by atoms with van der Waals surface area (Å²) in [6.45, 7) is 3.82. The standard InChI is InChI=1S/C17H18N6O2S2/c1-11-13(9-18-21(11)3)15-8-16(14-10-19-22(4)12(14)2)23(20-15)27(24,25)17-6-5-7-26-17/h5-10H,1-4H3. The van der Waals surface area contributed by atoms with Gasteiger partial charge >= 0.3 is 0 Å². The van der Waals surface area contributed by atoms with Gasteiger partial charge < -0.3 is 0 Å². The molecule has 0 N–H and O–H groups in total. The monoisotopic (exact) mass is 402 g/mol. The van der Waals surface area contributed by atoms with Crippen molar-refractivity contribution in [3.63, 3.8) is 0 Å². The van der Waals surface area contributed by atoms with Gasteiger partial charge in [0.2, 0.25) is 0 Å². The van der Waals surface area contributed by atoms with Crippen LogP contribution >= 0.6 is 11.3 Å². The molecule has 0 saturated heterocycles. The van der Waals surface area contributed by atoms with E-state index in [2.05, 4.69) is 15.3 Å². The molecule has 4 heterocycles. The summed E-state index contributed by atoms with van der Waals surface area (Å²) in [4.78, 5) is 0. The average Bonchev–Trinajstić information content (AvgIpc) is 3.39. The van der Waals surface area contributed by atoms with E-state index in [-0.39, 0.29) is 4.21 Å². The second-order valence-electron chi connectivity index (χ2n) is 6.23. The molecule has 8 nitrogen and oxygen atoms in total. The van der Waals surface area contributed by atoms with Gasteiger partial charge in [-0.15, -0.1) is 11.3 Å². The van der Waals surface area contributed by atoms with Crippen LogP contribution in [0, 0.1) is 13.8 Å². The van der Waals surface area contributed by atoms with E-state index in [1.54, 1.807) is 45.3 Å². The van der Waals surface area contributed by atoms with Crippen LogP contribution < -0.4 is 0 Å². The number of aryl methyl sites for hydroxylation is 2. The molecule has 0 amide bonds. The van der Waals surface area contributed by atoms with E-state index in [1.165, 1.54) is 0 Å². The molecular formula is C17H18N6O2S2. The first kappa shape index (κ1) is 17.7. The van der Waals surface area contributed by atoms with Crippen LogP contribution in [0.4, 0.5) is 0 Å². The fourth-order valence-electron chi connectivity index (χ4n) is 2.86. The van der Waals surface area contributed by atoms with E-state index < -0.39 is 10.0 Å². The molecule has 0 aliphatic heterocycles. The lowest BCUT2D eigenvalue weighted by atomic mass is 10.1. The van der Waals surface area contributed by atoms with Crippen molar-refractivity contribution < 1.29 is 8.42 Å².